The Hall–Kier alpha value is -1.80. The number of benzene rings is 3. The first-order chi connectivity index (χ1) is 12.8. The second-order valence-corrected chi connectivity index (χ2v) is 10.5. The van der Waals surface area contributed by atoms with Gasteiger partial charge < -0.3 is 4.74 Å². The van der Waals surface area contributed by atoms with Crippen molar-refractivity contribution in [1.29, 1.82) is 0 Å². The zero-order valence-electron chi connectivity index (χ0n) is 14.3. The van der Waals surface area contributed by atoms with Crippen LogP contribution in [-0.4, -0.2) is 0 Å². The Kier molecular flexibility index (Phi) is 6.66. The predicted octanol–water partition coefficient (Wildman–Crippen LogP) is 4.78. The summed E-state index contributed by atoms with van der Waals surface area (Å²) in [6, 6.07) is 29.4. The average molecular weight is 532 g/mol. The van der Waals surface area contributed by atoms with E-state index in [0.717, 1.165) is 5.75 Å². The summed E-state index contributed by atoms with van der Waals surface area (Å²) in [7, 11) is -10.7. The van der Waals surface area contributed by atoms with Crippen molar-refractivity contribution in [2.24, 2.45) is 0 Å². The first kappa shape index (κ1) is 22.5. The van der Waals surface area contributed by atoms with Gasteiger partial charge in [-0.25, -0.2) is 0 Å². The Morgan fingerprint density at radius 1 is 0.607 bits per heavy atom. The molecule has 152 valence electrons. The first-order valence-corrected chi connectivity index (χ1v) is 12.1. The summed E-state index contributed by atoms with van der Waals surface area (Å²) in [5, 5.41) is 0. The molecule has 0 heterocycles. The summed E-state index contributed by atoms with van der Waals surface area (Å²) >= 11 is -0.0940. The van der Waals surface area contributed by atoms with E-state index in [2.05, 4.69) is 66.7 Å². The summed E-state index contributed by atoms with van der Waals surface area (Å²) in [4.78, 5) is 0. The molecular weight excluding hydrogens is 516 g/mol. The van der Waals surface area contributed by atoms with Crippen molar-refractivity contribution in [3.05, 3.63) is 97.6 Å². The molecule has 0 saturated heterocycles. The molecule has 0 aromatic heterocycles. The van der Waals surface area contributed by atoms with Crippen LogP contribution in [0.1, 0.15) is 5.56 Å². The van der Waals surface area contributed by atoms with Crippen LogP contribution in [0.25, 0.3) is 0 Å². The standard InChI is InChI=1S/C19H16IO.F6P/c1-3-7-16(8-4-1)15-21-19-13-11-18(12-14-19)20-17-9-5-2-6-10-17;1-7(2,3,4,5)6/h1-14H,15H2;/q+1;-1. The topological polar surface area (TPSA) is 9.23 Å². The van der Waals surface area contributed by atoms with Gasteiger partial charge in [0.05, 0.1) is 0 Å². The SMILES string of the molecule is F[P-](F)(F)(F)(F)F.c1ccc(COc2ccc([I+]c3ccccc3)cc2)cc1. The Morgan fingerprint density at radius 3 is 1.54 bits per heavy atom. The van der Waals surface area contributed by atoms with E-state index >= 15 is 0 Å². The van der Waals surface area contributed by atoms with Gasteiger partial charge in [0, 0.05) is 0 Å². The van der Waals surface area contributed by atoms with Crippen LogP contribution in [0.4, 0.5) is 25.2 Å². The Balaban J connectivity index is 0.000000345. The molecule has 3 rings (SSSR count). The van der Waals surface area contributed by atoms with E-state index in [0.29, 0.717) is 6.61 Å². The van der Waals surface area contributed by atoms with Gasteiger partial charge in [0.15, 0.2) is 7.14 Å². The van der Waals surface area contributed by atoms with Crippen molar-refractivity contribution >= 4 is 7.81 Å². The molecule has 1 nitrogen and oxygen atoms in total. The number of hydrogen-bond acceptors (Lipinski definition) is 1. The van der Waals surface area contributed by atoms with Crippen molar-refractivity contribution in [1.82, 2.24) is 0 Å². The molecule has 0 aliphatic heterocycles. The van der Waals surface area contributed by atoms with Gasteiger partial charge >= 0.3 is 54.2 Å². The summed E-state index contributed by atoms with van der Waals surface area (Å²) < 4.78 is 67.9. The maximum Gasteiger partial charge on any atom is 0.357 e. The van der Waals surface area contributed by atoms with Crippen LogP contribution in [0.5, 0.6) is 5.75 Å². The van der Waals surface area contributed by atoms with Crippen LogP contribution >= 0.6 is 7.81 Å². The third-order valence-corrected chi connectivity index (χ3v) is 5.70. The monoisotopic (exact) mass is 532 g/mol. The van der Waals surface area contributed by atoms with Gasteiger partial charge in [0.25, 0.3) is 0 Å². The van der Waals surface area contributed by atoms with Gasteiger partial charge in [-0.3, -0.25) is 0 Å². The van der Waals surface area contributed by atoms with Crippen LogP contribution < -0.4 is 25.9 Å². The van der Waals surface area contributed by atoms with Gasteiger partial charge in [-0.15, -0.1) is 0 Å². The number of hydrogen-bond donors (Lipinski definition) is 0. The van der Waals surface area contributed by atoms with Crippen LogP contribution in [0.15, 0.2) is 84.9 Å². The Bertz CT molecular complexity index is 858. The minimum Gasteiger partial charge on any atom is -0.489 e. The second kappa shape index (κ2) is 8.29. The summed E-state index contributed by atoms with van der Waals surface area (Å²) in [5.74, 6) is 0.930. The molecule has 3 aromatic rings. The maximum absolute atomic E-state index is 10.7. The largest absolute Gasteiger partial charge is 0.489 e. The van der Waals surface area contributed by atoms with Crippen LogP contribution in [0, 0.1) is 7.14 Å². The average Bonchev–Trinajstić information content (AvgIpc) is 2.60. The normalized spacial score (nSPS) is 13.5. The molecule has 0 saturated carbocycles. The molecule has 3 aromatic carbocycles. The van der Waals surface area contributed by atoms with Gasteiger partial charge in [0.1, 0.15) is 12.4 Å². The fourth-order valence-electron chi connectivity index (χ4n) is 1.94. The zero-order chi connectivity index (χ0) is 20.7. The van der Waals surface area contributed by atoms with Crippen molar-refractivity contribution in [2.45, 2.75) is 6.61 Å². The van der Waals surface area contributed by atoms with Crippen molar-refractivity contribution in [2.75, 3.05) is 0 Å². The fourth-order valence-corrected chi connectivity index (χ4v) is 4.15. The van der Waals surface area contributed by atoms with Gasteiger partial charge in [0.2, 0.25) is 0 Å². The third kappa shape index (κ3) is 11.8. The minimum absolute atomic E-state index is 0.0940. The number of halogens is 7. The van der Waals surface area contributed by atoms with E-state index < -0.39 is 7.81 Å². The van der Waals surface area contributed by atoms with E-state index in [-0.39, 0.29) is 21.2 Å². The van der Waals surface area contributed by atoms with Crippen molar-refractivity contribution < 1.29 is 51.1 Å². The Morgan fingerprint density at radius 2 is 1.04 bits per heavy atom. The summed E-state index contributed by atoms with van der Waals surface area (Å²) in [5.41, 5.74) is 1.19. The van der Waals surface area contributed by atoms with Crippen LogP contribution in [-0.2, 0) is 6.61 Å². The first-order valence-electron chi connectivity index (χ1n) is 7.88. The molecule has 0 bridgehead atoms. The number of ether oxygens (including phenoxy) is 1. The van der Waals surface area contributed by atoms with Gasteiger partial charge in [-0.05, 0) is 42.0 Å². The second-order valence-electron chi connectivity index (χ2n) is 5.58. The van der Waals surface area contributed by atoms with E-state index in [1.54, 1.807) is 0 Å². The molecule has 0 aliphatic carbocycles. The molecule has 0 radical (unpaired) electrons. The molecule has 0 N–H and O–H groups in total. The van der Waals surface area contributed by atoms with E-state index in [1.165, 1.54) is 12.7 Å². The summed E-state index contributed by atoms with van der Waals surface area (Å²) in [6.45, 7) is 0.619. The molecule has 28 heavy (non-hydrogen) atoms. The maximum atomic E-state index is 9.87. The van der Waals surface area contributed by atoms with Gasteiger partial charge in [-0.2, -0.15) is 0 Å². The van der Waals surface area contributed by atoms with Crippen LogP contribution in [0.3, 0.4) is 0 Å². The zero-order valence-corrected chi connectivity index (χ0v) is 17.3. The van der Waals surface area contributed by atoms with E-state index in [4.69, 9.17) is 4.74 Å². The molecule has 0 aliphatic rings. The smallest absolute Gasteiger partial charge is 0.357 e. The van der Waals surface area contributed by atoms with E-state index in [9.17, 15) is 25.2 Å². The van der Waals surface area contributed by atoms with Gasteiger partial charge in [-0.1, -0.05) is 48.5 Å². The summed E-state index contributed by atoms with van der Waals surface area (Å²) in [6.07, 6.45) is 0. The quantitative estimate of drug-likeness (QED) is 0.262. The molecule has 0 amide bonds. The van der Waals surface area contributed by atoms with E-state index in [1.807, 2.05) is 18.2 Å². The van der Waals surface area contributed by atoms with Crippen molar-refractivity contribution in [3.63, 3.8) is 0 Å². The fraction of sp³-hybridized carbons (Fsp3) is 0.0526. The molecule has 0 atom stereocenters. The Labute approximate surface area is 168 Å². The third-order valence-electron chi connectivity index (χ3n) is 3.01. The molecule has 0 fully saturated rings. The molecule has 0 unspecified atom stereocenters. The number of rotatable bonds is 5. The molecule has 0 spiro atoms. The predicted molar refractivity (Wildman–Crippen MR) is 94.6 cm³/mol. The minimum atomic E-state index is -10.7. The molecule has 9 heteroatoms. The van der Waals surface area contributed by atoms with Crippen molar-refractivity contribution in [3.8, 4) is 5.75 Å². The molecular formula is C19H16F6IOP. The van der Waals surface area contributed by atoms with Crippen LogP contribution in [0.2, 0.25) is 0 Å².